The zero-order valence-electron chi connectivity index (χ0n) is 7.84. The van der Waals surface area contributed by atoms with Gasteiger partial charge >= 0.3 is 11.9 Å². The number of nitrogens with one attached hydrogen (secondary N) is 1. The smallest absolute Gasteiger partial charge is 0.344 e. The van der Waals surface area contributed by atoms with E-state index in [-0.39, 0.29) is 0 Å². The molecule has 0 saturated heterocycles. The molecular weight excluding hydrogens is 202 g/mol. The Hall–Kier alpha value is -2.31. The molecule has 15 heavy (non-hydrogen) atoms. The molecule has 0 radical (unpaired) electrons. The predicted octanol–water partition coefficient (Wildman–Crippen LogP) is -0.115. The number of rotatable bonds is 4. The van der Waals surface area contributed by atoms with Crippen molar-refractivity contribution in [2.45, 2.75) is 0 Å². The molecule has 7 heteroatoms. The van der Waals surface area contributed by atoms with Crippen molar-refractivity contribution in [2.75, 3.05) is 5.32 Å². The van der Waals surface area contributed by atoms with Crippen LogP contribution in [0.15, 0.2) is 24.0 Å². The van der Waals surface area contributed by atoms with Crippen molar-refractivity contribution < 1.29 is 19.8 Å². The van der Waals surface area contributed by atoms with Crippen molar-refractivity contribution in [1.82, 2.24) is 9.78 Å². The average Bonchev–Trinajstić information content (AvgIpc) is 2.50. The highest BCUT2D eigenvalue weighted by molar-refractivity contribution is 6.12. The molecule has 80 valence electrons. The average molecular weight is 211 g/mol. The van der Waals surface area contributed by atoms with Crippen LogP contribution >= 0.6 is 0 Å². The topological polar surface area (TPSA) is 104 Å². The number of aryl methyl sites for hydroxylation is 1. The fraction of sp³-hybridized carbons (Fsp3) is 0.125. The van der Waals surface area contributed by atoms with Gasteiger partial charge in [-0.25, -0.2) is 9.59 Å². The first-order chi connectivity index (χ1) is 7.00. The summed E-state index contributed by atoms with van der Waals surface area (Å²) in [6.07, 6.45) is 2.52. The summed E-state index contributed by atoms with van der Waals surface area (Å²) >= 11 is 0. The molecule has 7 nitrogen and oxygen atoms in total. The van der Waals surface area contributed by atoms with Crippen LogP contribution in [-0.2, 0) is 16.6 Å². The highest BCUT2D eigenvalue weighted by atomic mass is 16.4. The van der Waals surface area contributed by atoms with Gasteiger partial charge in [-0.15, -0.1) is 0 Å². The number of aliphatic carboxylic acids is 2. The molecule has 0 aliphatic heterocycles. The summed E-state index contributed by atoms with van der Waals surface area (Å²) in [5.74, 6) is -2.64. The molecule has 0 aliphatic carbocycles. The Morgan fingerprint density at radius 1 is 1.47 bits per heavy atom. The fourth-order valence-electron chi connectivity index (χ4n) is 0.853. The van der Waals surface area contributed by atoms with Gasteiger partial charge in [0.25, 0.3) is 0 Å². The molecule has 0 amide bonds. The van der Waals surface area contributed by atoms with E-state index in [9.17, 15) is 9.59 Å². The van der Waals surface area contributed by atoms with Crippen LogP contribution in [0.4, 0.5) is 5.82 Å². The van der Waals surface area contributed by atoms with Crippen LogP contribution in [0.5, 0.6) is 0 Å². The molecule has 0 saturated carbocycles. The maximum absolute atomic E-state index is 10.5. The Bertz CT molecular complexity index is 405. The third-order valence-corrected chi connectivity index (χ3v) is 1.54. The standard InChI is InChI=1S/C8H9N3O4/c1-11-3-2-6(10-11)9-4-5(7(12)13)8(14)15/h2-4H,1H3,(H,9,10)(H,12,13)(H,14,15). The third-order valence-electron chi connectivity index (χ3n) is 1.54. The second kappa shape index (κ2) is 4.27. The number of aromatic nitrogens is 2. The lowest BCUT2D eigenvalue weighted by Crippen LogP contribution is -2.13. The van der Waals surface area contributed by atoms with Gasteiger partial charge in [0.05, 0.1) is 0 Å². The number of nitrogens with zero attached hydrogens (tertiary/aromatic N) is 2. The van der Waals surface area contributed by atoms with Crippen LogP contribution in [0.2, 0.25) is 0 Å². The zero-order chi connectivity index (χ0) is 11.4. The van der Waals surface area contributed by atoms with Crippen LogP contribution in [0.3, 0.4) is 0 Å². The largest absolute Gasteiger partial charge is 0.477 e. The van der Waals surface area contributed by atoms with Gasteiger partial charge in [-0.2, -0.15) is 5.10 Å². The van der Waals surface area contributed by atoms with Crippen molar-refractivity contribution in [2.24, 2.45) is 7.05 Å². The highest BCUT2D eigenvalue weighted by Crippen LogP contribution is 2.02. The fourth-order valence-corrected chi connectivity index (χ4v) is 0.853. The second-order valence-corrected chi connectivity index (χ2v) is 2.69. The summed E-state index contributed by atoms with van der Waals surface area (Å²) in [5.41, 5.74) is -0.749. The van der Waals surface area contributed by atoms with Gasteiger partial charge in [-0.3, -0.25) is 4.68 Å². The van der Waals surface area contributed by atoms with Crippen LogP contribution in [0, 0.1) is 0 Å². The molecule has 0 fully saturated rings. The van der Waals surface area contributed by atoms with E-state index in [0.717, 1.165) is 6.20 Å². The Morgan fingerprint density at radius 2 is 2.07 bits per heavy atom. The second-order valence-electron chi connectivity index (χ2n) is 2.69. The Labute approximate surface area is 84.6 Å². The first kappa shape index (κ1) is 10.8. The van der Waals surface area contributed by atoms with E-state index in [4.69, 9.17) is 10.2 Å². The van der Waals surface area contributed by atoms with Gasteiger partial charge < -0.3 is 15.5 Å². The number of carboxylic acid groups (broad SMARTS) is 2. The van der Waals surface area contributed by atoms with E-state index in [0.29, 0.717) is 5.82 Å². The first-order valence-electron chi connectivity index (χ1n) is 3.93. The molecule has 0 atom stereocenters. The minimum Gasteiger partial charge on any atom is -0.477 e. The SMILES string of the molecule is Cn1ccc(NC=C(C(=O)O)C(=O)O)n1. The molecule has 0 spiro atoms. The lowest BCUT2D eigenvalue weighted by molar-refractivity contribution is -0.140. The minimum absolute atomic E-state index is 0.373. The Balaban J connectivity index is 2.78. The molecule has 0 unspecified atom stereocenters. The Kier molecular flexibility index (Phi) is 3.06. The highest BCUT2D eigenvalue weighted by Gasteiger charge is 2.15. The summed E-state index contributed by atoms with van der Waals surface area (Å²) in [4.78, 5) is 20.9. The van der Waals surface area contributed by atoms with E-state index in [1.165, 1.54) is 4.68 Å². The third kappa shape index (κ3) is 2.83. The molecular formula is C8H9N3O4. The van der Waals surface area contributed by atoms with Crippen molar-refractivity contribution >= 4 is 17.8 Å². The molecule has 1 aromatic heterocycles. The first-order valence-corrected chi connectivity index (χ1v) is 3.93. The van der Waals surface area contributed by atoms with E-state index < -0.39 is 17.5 Å². The maximum Gasteiger partial charge on any atom is 0.344 e. The van der Waals surface area contributed by atoms with Crippen LogP contribution in [-0.4, -0.2) is 31.9 Å². The van der Waals surface area contributed by atoms with Crippen molar-refractivity contribution in [3.63, 3.8) is 0 Å². The number of carboxylic acids is 2. The van der Waals surface area contributed by atoms with E-state index in [2.05, 4.69) is 10.4 Å². The number of carbonyl (C=O) groups is 2. The lowest BCUT2D eigenvalue weighted by Gasteiger charge is -1.97. The molecule has 1 aromatic rings. The van der Waals surface area contributed by atoms with Gasteiger partial charge in [0.15, 0.2) is 11.4 Å². The number of anilines is 1. The molecule has 1 rings (SSSR count). The molecule has 0 bridgehead atoms. The normalized spacial score (nSPS) is 9.40. The van der Waals surface area contributed by atoms with E-state index in [1.54, 1.807) is 19.3 Å². The van der Waals surface area contributed by atoms with Gasteiger partial charge in [0, 0.05) is 25.5 Å². The van der Waals surface area contributed by atoms with Crippen molar-refractivity contribution in [3.8, 4) is 0 Å². The maximum atomic E-state index is 10.5. The minimum atomic E-state index is -1.51. The van der Waals surface area contributed by atoms with Crippen molar-refractivity contribution in [1.29, 1.82) is 0 Å². The summed E-state index contributed by atoms with van der Waals surface area (Å²) in [5, 5.41) is 23.4. The van der Waals surface area contributed by atoms with Gasteiger partial charge in [-0.1, -0.05) is 0 Å². The summed E-state index contributed by atoms with van der Waals surface area (Å²) in [6, 6.07) is 1.58. The molecule has 1 heterocycles. The summed E-state index contributed by atoms with van der Waals surface area (Å²) in [7, 11) is 1.68. The van der Waals surface area contributed by atoms with Gasteiger partial charge in [0.2, 0.25) is 0 Å². The quantitative estimate of drug-likeness (QED) is 0.364. The Morgan fingerprint density at radius 3 is 2.47 bits per heavy atom. The van der Waals surface area contributed by atoms with Gasteiger partial charge in [0.1, 0.15) is 0 Å². The summed E-state index contributed by atoms with van der Waals surface area (Å²) in [6.45, 7) is 0. The van der Waals surface area contributed by atoms with E-state index >= 15 is 0 Å². The summed E-state index contributed by atoms with van der Waals surface area (Å²) < 4.78 is 1.50. The molecule has 3 N–H and O–H groups in total. The van der Waals surface area contributed by atoms with Crippen LogP contribution < -0.4 is 5.32 Å². The van der Waals surface area contributed by atoms with Crippen molar-refractivity contribution in [3.05, 3.63) is 24.0 Å². The van der Waals surface area contributed by atoms with Gasteiger partial charge in [-0.05, 0) is 0 Å². The van der Waals surface area contributed by atoms with Crippen LogP contribution in [0.25, 0.3) is 0 Å². The van der Waals surface area contributed by atoms with E-state index in [1.807, 2.05) is 0 Å². The monoisotopic (exact) mass is 211 g/mol. The predicted molar refractivity (Wildman–Crippen MR) is 50.2 cm³/mol. The molecule has 0 aromatic carbocycles. The molecule has 0 aliphatic rings. The lowest BCUT2D eigenvalue weighted by atomic mass is 10.3. The zero-order valence-corrected chi connectivity index (χ0v) is 7.84. The van der Waals surface area contributed by atoms with Crippen LogP contribution in [0.1, 0.15) is 0 Å². The number of hydrogen-bond donors (Lipinski definition) is 3. The number of hydrogen-bond acceptors (Lipinski definition) is 4.